The Kier molecular flexibility index (Phi) is 3.98. The quantitative estimate of drug-likeness (QED) is 0.835. The van der Waals surface area contributed by atoms with Gasteiger partial charge in [-0.3, -0.25) is 4.79 Å². The van der Waals surface area contributed by atoms with Crippen molar-refractivity contribution in [3.8, 4) is 5.75 Å². The number of carbonyl (C=O) groups is 1. The maximum Gasteiger partial charge on any atom is 0.228 e. The van der Waals surface area contributed by atoms with Crippen LogP contribution in [0, 0.1) is 5.92 Å². The minimum absolute atomic E-state index is 0.0787. The second kappa shape index (κ2) is 5.68. The summed E-state index contributed by atoms with van der Waals surface area (Å²) in [6, 6.07) is 7.43. The fourth-order valence-electron chi connectivity index (χ4n) is 2.02. The van der Waals surface area contributed by atoms with Gasteiger partial charge < -0.3 is 15.4 Å². The number of rotatable bonds is 3. The van der Waals surface area contributed by atoms with E-state index in [4.69, 9.17) is 4.74 Å². The van der Waals surface area contributed by atoms with E-state index in [0.29, 0.717) is 0 Å². The molecular formula is C13H18N2O2. The molecule has 2 rings (SSSR count). The molecule has 4 nitrogen and oxygen atoms in total. The van der Waals surface area contributed by atoms with Gasteiger partial charge in [0.15, 0.2) is 0 Å². The molecule has 1 aromatic rings. The van der Waals surface area contributed by atoms with E-state index < -0.39 is 0 Å². The van der Waals surface area contributed by atoms with Crippen LogP contribution >= 0.6 is 0 Å². The van der Waals surface area contributed by atoms with Crippen LogP contribution in [-0.4, -0.2) is 26.1 Å². The average Bonchev–Trinajstić information content (AvgIpc) is 2.40. The first kappa shape index (κ1) is 11.9. The van der Waals surface area contributed by atoms with Crippen LogP contribution in [0.4, 0.5) is 5.69 Å². The third-order valence-corrected chi connectivity index (χ3v) is 3.00. The van der Waals surface area contributed by atoms with E-state index in [1.807, 2.05) is 24.3 Å². The van der Waals surface area contributed by atoms with Crippen molar-refractivity contribution in [3.63, 3.8) is 0 Å². The molecule has 0 aromatic heterocycles. The lowest BCUT2D eigenvalue weighted by atomic mass is 9.99. The van der Waals surface area contributed by atoms with Crippen LogP contribution in [0.1, 0.15) is 12.8 Å². The molecule has 1 saturated heterocycles. The number of methoxy groups -OCH3 is 1. The van der Waals surface area contributed by atoms with Gasteiger partial charge in [-0.1, -0.05) is 6.07 Å². The molecule has 0 radical (unpaired) electrons. The summed E-state index contributed by atoms with van der Waals surface area (Å²) >= 11 is 0. The lowest BCUT2D eigenvalue weighted by molar-refractivity contribution is -0.120. The molecule has 92 valence electrons. The smallest absolute Gasteiger partial charge is 0.228 e. The summed E-state index contributed by atoms with van der Waals surface area (Å²) in [5, 5.41) is 6.17. The molecule has 1 aromatic carbocycles. The standard InChI is InChI=1S/C13H18N2O2/c1-17-12-6-2-5-11(8-12)15-13(16)10-4-3-7-14-9-10/h2,5-6,8,10,14H,3-4,7,9H2,1H3,(H,15,16)/t10-/m1/s1. The largest absolute Gasteiger partial charge is 0.497 e. The van der Waals surface area contributed by atoms with Crippen LogP contribution in [-0.2, 0) is 4.79 Å². The van der Waals surface area contributed by atoms with Gasteiger partial charge in [-0.2, -0.15) is 0 Å². The van der Waals surface area contributed by atoms with Gasteiger partial charge in [0, 0.05) is 18.3 Å². The monoisotopic (exact) mass is 234 g/mol. The summed E-state index contributed by atoms with van der Waals surface area (Å²) in [5.74, 6) is 0.921. The van der Waals surface area contributed by atoms with Crippen molar-refractivity contribution >= 4 is 11.6 Å². The van der Waals surface area contributed by atoms with E-state index in [2.05, 4.69) is 10.6 Å². The number of piperidine rings is 1. The maximum atomic E-state index is 12.0. The Balaban J connectivity index is 1.96. The van der Waals surface area contributed by atoms with Gasteiger partial charge in [-0.05, 0) is 31.5 Å². The zero-order valence-electron chi connectivity index (χ0n) is 10.0. The Morgan fingerprint density at radius 1 is 1.53 bits per heavy atom. The SMILES string of the molecule is COc1cccc(NC(=O)[C@@H]2CCCNC2)c1. The summed E-state index contributed by atoms with van der Waals surface area (Å²) in [6.45, 7) is 1.79. The number of carbonyl (C=O) groups excluding carboxylic acids is 1. The molecule has 1 aliphatic heterocycles. The van der Waals surface area contributed by atoms with E-state index in [0.717, 1.165) is 37.4 Å². The second-order valence-corrected chi connectivity index (χ2v) is 4.26. The van der Waals surface area contributed by atoms with E-state index in [-0.39, 0.29) is 11.8 Å². The van der Waals surface area contributed by atoms with Crippen molar-refractivity contribution in [2.75, 3.05) is 25.5 Å². The Morgan fingerprint density at radius 3 is 3.12 bits per heavy atom. The summed E-state index contributed by atoms with van der Waals surface area (Å²) < 4.78 is 5.12. The highest BCUT2D eigenvalue weighted by Crippen LogP contribution is 2.18. The fraction of sp³-hybridized carbons (Fsp3) is 0.462. The number of amides is 1. The van der Waals surface area contributed by atoms with Crippen molar-refractivity contribution in [1.82, 2.24) is 5.32 Å². The van der Waals surface area contributed by atoms with Gasteiger partial charge in [-0.15, -0.1) is 0 Å². The highest BCUT2D eigenvalue weighted by atomic mass is 16.5. The van der Waals surface area contributed by atoms with E-state index in [1.54, 1.807) is 7.11 Å². The van der Waals surface area contributed by atoms with E-state index >= 15 is 0 Å². The molecule has 1 aliphatic rings. The van der Waals surface area contributed by atoms with Gasteiger partial charge in [0.25, 0.3) is 0 Å². The minimum Gasteiger partial charge on any atom is -0.497 e. The molecule has 0 bridgehead atoms. The normalized spacial score (nSPS) is 19.7. The maximum absolute atomic E-state index is 12.0. The fourth-order valence-corrected chi connectivity index (χ4v) is 2.02. The molecule has 0 unspecified atom stereocenters. The third-order valence-electron chi connectivity index (χ3n) is 3.00. The van der Waals surface area contributed by atoms with Crippen molar-refractivity contribution in [2.24, 2.45) is 5.92 Å². The Labute approximate surface area is 101 Å². The predicted molar refractivity (Wildman–Crippen MR) is 67.2 cm³/mol. The van der Waals surface area contributed by atoms with Crippen LogP contribution in [0.3, 0.4) is 0 Å². The number of nitrogens with one attached hydrogen (secondary N) is 2. The van der Waals surface area contributed by atoms with Crippen molar-refractivity contribution in [3.05, 3.63) is 24.3 Å². The minimum atomic E-state index is 0.0787. The average molecular weight is 234 g/mol. The Hall–Kier alpha value is -1.55. The topological polar surface area (TPSA) is 50.4 Å². The number of hydrogen-bond acceptors (Lipinski definition) is 3. The summed E-state index contributed by atoms with van der Waals surface area (Å²) in [7, 11) is 1.62. The zero-order valence-corrected chi connectivity index (χ0v) is 10.0. The number of benzene rings is 1. The number of ether oxygens (including phenoxy) is 1. The lowest BCUT2D eigenvalue weighted by Gasteiger charge is -2.21. The highest BCUT2D eigenvalue weighted by Gasteiger charge is 2.20. The molecule has 1 fully saturated rings. The van der Waals surface area contributed by atoms with Gasteiger partial charge in [-0.25, -0.2) is 0 Å². The first-order chi connectivity index (χ1) is 8.29. The second-order valence-electron chi connectivity index (χ2n) is 4.26. The van der Waals surface area contributed by atoms with Crippen LogP contribution < -0.4 is 15.4 Å². The Bertz CT molecular complexity index is 387. The highest BCUT2D eigenvalue weighted by molar-refractivity contribution is 5.92. The van der Waals surface area contributed by atoms with Crippen molar-refractivity contribution < 1.29 is 9.53 Å². The van der Waals surface area contributed by atoms with E-state index in [1.165, 1.54) is 0 Å². The van der Waals surface area contributed by atoms with Crippen LogP contribution in [0.5, 0.6) is 5.75 Å². The number of hydrogen-bond donors (Lipinski definition) is 2. The molecule has 0 aliphatic carbocycles. The molecule has 1 amide bonds. The molecule has 2 N–H and O–H groups in total. The molecule has 4 heteroatoms. The van der Waals surface area contributed by atoms with Crippen LogP contribution in [0.25, 0.3) is 0 Å². The lowest BCUT2D eigenvalue weighted by Crippen LogP contribution is -2.37. The molecule has 1 atom stereocenters. The van der Waals surface area contributed by atoms with Gasteiger partial charge in [0.1, 0.15) is 5.75 Å². The third kappa shape index (κ3) is 3.20. The molecule has 0 spiro atoms. The molecule has 0 saturated carbocycles. The molecular weight excluding hydrogens is 216 g/mol. The summed E-state index contributed by atoms with van der Waals surface area (Å²) in [6.07, 6.45) is 2.03. The van der Waals surface area contributed by atoms with E-state index in [9.17, 15) is 4.79 Å². The molecule has 17 heavy (non-hydrogen) atoms. The molecule has 1 heterocycles. The summed E-state index contributed by atoms with van der Waals surface area (Å²) in [4.78, 5) is 12.0. The van der Waals surface area contributed by atoms with Gasteiger partial charge >= 0.3 is 0 Å². The Morgan fingerprint density at radius 2 is 2.41 bits per heavy atom. The predicted octanol–water partition coefficient (Wildman–Crippen LogP) is 1.63. The van der Waals surface area contributed by atoms with Gasteiger partial charge in [0.05, 0.1) is 13.0 Å². The number of anilines is 1. The van der Waals surface area contributed by atoms with Crippen LogP contribution in [0.15, 0.2) is 24.3 Å². The van der Waals surface area contributed by atoms with Crippen molar-refractivity contribution in [2.45, 2.75) is 12.8 Å². The summed E-state index contributed by atoms with van der Waals surface area (Å²) in [5.41, 5.74) is 0.792. The van der Waals surface area contributed by atoms with Crippen LogP contribution in [0.2, 0.25) is 0 Å². The first-order valence-electron chi connectivity index (χ1n) is 5.95. The van der Waals surface area contributed by atoms with Crippen molar-refractivity contribution in [1.29, 1.82) is 0 Å². The van der Waals surface area contributed by atoms with Gasteiger partial charge in [0.2, 0.25) is 5.91 Å². The zero-order chi connectivity index (χ0) is 12.1. The first-order valence-corrected chi connectivity index (χ1v) is 5.95.